The normalized spacial score (nSPS) is 26.4. The number of β-lactam (4-membered cyclic amide) rings is 1. The topological polar surface area (TPSA) is 59.1 Å². The average molecular weight is 449 g/mol. The van der Waals surface area contributed by atoms with Crippen LogP contribution in [0.1, 0.15) is 25.5 Å². The lowest BCUT2D eigenvalue weighted by atomic mass is 9.84. The van der Waals surface area contributed by atoms with Gasteiger partial charge in [-0.2, -0.15) is 0 Å². The van der Waals surface area contributed by atoms with Crippen LogP contribution in [0.5, 0.6) is 5.75 Å². The molecule has 2 heterocycles. The number of hydrogen-bond acceptors (Lipinski definition) is 5. The number of amides is 1. The molecule has 0 N–H and O–H groups in total. The Morgan fingerprint density at radius 2 is 1.53 bits per heavy atom. The molecule has 0 bridgehead atoms. The molecule has 3 rings (SSSR count). The van der Waals surface area contributed by atoms with Crippen molar-refractivity contribution >= 4 is 28.3 Å². The Balaban J connectivity index is 2.08. The second kappa shape index (κ2) is 8.13. The summed E-state index contributed by atoms with van der Waals surface area (Å²) in [7, 11) is -0.339. The molecule has 0 aliphatic carbocycles. The van der Waals surface area contributed by atoms with Gasteiger partial charge in [-0.3, -0.25) is 4.79 Å². The second-order valence-electron chi connectivity index (χ2n) is 10.1. The molecule has 6 nitrogen and oxygen atoms in total. The lowest BCUT2D eigenvalue weighted by Gasteiger charge is -2.58. The summed E-state index contributed by atoms with van der Waals surface area (Å²) in [6.07, 6.45) is 0. The predicted molar refractivity (Wildman–Crippen MR) is 123 cm³/mol. The third-order valence-electron chi connectivity index (χ3n) is 6.87. The van der Waals surface area contributed by atoms with Crippen molar-refractivity contribution in [2.24, 2.45) is 5.92 Å². The van der Waals surface area contributed by atoms with Gasteiger partial charge in [0.25, 0.3) is 0 Å². The van der Waals surface area contributed by atoms with Crippen molar-refractivity contribution in [1.82, 2.24) is 9.13 Å². The zero-order valence-electron chi connectivity index (χ0n) is 19.6. The number of esters is 1. The van der Waals surface area contributed by atoms with Crippen LogP contribution in [0, 0.1) is 5.92 Å². The van der Waals surface area contributed by atoms with Crippen LogP contribution in [-0.2, 0) is 14.3 Å². The molecule has 30 heavy (non-hydrogen) atoms. The van der Waals surface area contributed by atoms with Crippen LogP contribution < -0.4 is 4.74 Å². The summed E-state index contributed by atoms with van der Waals surface area (Å²) in [5.41, 5.74) is 1.05. The Labute approximate surface area is 182 Å². The van der Waals surface area contributed by atoms with Gasteiger partial charge in [0, 0.05) is 0 Å². The number of ether oxygens (including phenoxy) is 2. The van der Waals surface area contributed by atoms with Gasteiger partial charge in [0.05, 0.1) is 20.3 Å². The van der Waals surface area contributed by atoms with Gasteiger partial charge in [0.1, 0.15) is 34.3 Å². The Morgan fingerprint density at radius 1 is 1.00 bits per heavy atom. The predicted octanol–water partition coefficient (Wildman–Crippen LogP) is 3.87. The molecule has 2 aliphatic rings. The highest BCUT2D eigenvalue weighted by atomic mass is 28.4. The molecule has 0 spiro atoms. The van der Waals surface area contributed by atoms with Gasteiger partial charge in [0.2, 0.25) is 5.91 Å². The van der Waals surface area contributed by atoms with Crippen LogP contribution in [0.3, 0.4) is 0 Å². The number of hydrogen-bond donors (Lipinski definition) is 0. The quantitative estimate of drug-likeness (QED) is 0.376. The molecule has 8 heteroatoms. The van der Waals surface area contributed by atoms with Crippen molar-refractivity contribution in [3.63, 3.8) is 0 Å². The molecule has 0 unspecified atom stereocenters. The molecule has 2 aliphatic heterocycles. The maximum absolute atomic E-state index is 13.7. The summed E-state index contributed by atoms with van der Waals surface area (Å²) in [5.74, 6) is 0.483. The van der Waals surface area contributed by atoms with E-state index < -0.39 is 22.5 Å². The summed E-state index contributed by atoms with van der Waals surface area (Å²) in [5, 5.41) is 0. The number of carbonyl (C=O) groups excluding carboxylic acids is 2. The molecule has 0 saturated carbocycles. The van der Waals surface area contributed by atoms with Crippen LogP contribution in [-0.4, -0.2) is 63.8 Å². The van der Waals surface area contributed by atoms with Gasteiger partial charge in [-0.1, -0.05) is 52.2 Å². The number of nitrogens with zero attached hydrogens (tertiary/aromatic N) is 2. The van der Waals surface area contributed by atoms with Crippen LogP contribution in [0.2, 0.25) is 38.3 Å². The highest BCUT2D eigenvalue weighted by Gasteiger charge is 2.62. The van der Waals surface area contributed by atoms with Crippen molar-refractivity contribution in [1.29, 1.82) is 0 Å². The maximum Gasteiger partial charge on any atom is 0.328 e. The highest BCUT2D eigenvalue weighted by Crippen LogP contribution is 2.49. The van der Waals surface area contributed by atoms with Gasteiger partial charge in [-0.15, -0.1) is 0 Å². The molecule has 3 atom stereocenters. The first-order valence-electron chi connectivity index (χ1n) is 10.8. The van der Waals surface area contributed by atoms with E-state index in [1.807, 2.05) is 38.1 Å². The number of carbonyl (C=O) groups is 2. The highest BCUT2D eigenvalue weighted by molar-refractivity contribution is 6.95. The molecule has 166 valence electrons. The summed E-state index contributed by atoms with van der Waals surface area (Å²) in [6.45, 7) is 13.5. The van der Waals surface area contributed by atoms with Crippen LogP contribution in [0.25, 0.3) is 0 Å². The molecule has 2 saturated heterocycles. The number of rotatable bonds is 6. The molecule has 0 radical (unpaired) electrons. The Bertz CT molecular complexity index is 794. The van der Waals surface area contributed by atoms with Crippen LogP contribution >= 0.6 is 0 Å². The Morgan fingerprint density at radius 3 is 1.97 bits per heavy atom. The van der Waals surface area contributed by atoms with Crippen molar-refractivity contribution in [3.05, 3.63) is 29.8 Å². The minimum Gasteiger partial charge on any atom is -0.497 e. The van der Waals surface area contributed by atoms with E-state index in [0.29, 0.717) is 0 Å². The summed E-state index contributed by atoms with van der Waals surface area (Å²) in [4.78, 5) is 28.1. The number of methoxy groups -OCH3 is 2. The monoisotopic (exact) mass is 448 g/mol. The minimum absolute atomic E-state index is 0.0304. The molecule has 0 aromatic heterocycles. The zero-order chi connectivity index (χ0) is 22.4. The van der Waals surface area contributed by atoms with Gasteiger partial charge in [-0.05, 0) is 35.7 Å². The van der Waals surface area contributed by atoms with E-state index in [1.165, 1.54) is 19.2 Å². The summed E-state index contributed by atoms with van der Waals surface area (Å²) in [6, 6.07) is 9.49. The third-order valence-corrected chi connectivity index (χ3v) is 17.1. The van der Waals surface area contributed by atoms with Gasteiger partial charge < -0.3 is 18.6 Å². The van der Waals surface area contributed by atoms with Crippen molar-refractivity contribution < 1.29 is 19.1 Å². The standard InChI is InChI=1S/C22H36N2O4Si2/c1-15(2)18(22(26)28-4)23-19(16-9-11-17(27-3)12-10-16)20(21(23)25)24-29(5,6)13-14-30(24,7)8/h9-12,15,18-20H,13-14H2,1-8H3/t18-,19-,20-/m0/s1. The fraction of sp³-hybridized carbons (Fsp3) is 0.636. The minimum atomic E-state index is -1.69. The van der Waals surface area contributed by atoms with Gasteiger partial charge in [-0.25, -0.2) is 4.79 Å². The van der Waals surface area contributed by atoms with E-state index >= 15 is 0 Å². The van der Waals surface area contributed by atoms with Crippen LogP contribution in [0.4, 0.5) is 0 Å². The number of likely N-dealkylation sites (tertiary alicyclic amines) is 1. The smallest absolute Gasteiger partial charge is 0.328 e. The van der Waals surface area contributed by atoms with Crippen molar-refractivity contribution in [3.8, 4) is 5.75 Å². The van der Waals surface area contributed by atoms with Gasteiger partial charge in [0.15, 0.2) is 0 Å². The van der Waals surface area contributed by atoms with E-state index in [1.54, 1.807) is 12.0 Å². The lowest BCUT2D eigenvalue weighted by Crippen LogP contribution is -2.75. The Hall–Kier alpha value is -1.65. The fourth-order valence-electron chi connectivity index (χ4n) is 5.45. The van der Waals surface area contributed by atoms with E-state index in [2.05, 4.69) is 30.4 Å². The average Bonchev–Trinajstić information content (AvgIpc) is 2.91. The first kappa shape index (κ1) is 23.0. The maximum atomic E-state index is 13.7. The molecule has 2 fully saturated rings. The van der Waals surface area contributed by atoms with Crippen molar-refractivity contribution in [2.75, 3.05) is 14.2 Å². The second-order valence-corrected chi connectivity index (χ2v) is 19.8. The first-order chi connectivity index (χ1) is 14.0. The molecule has 1 amide bonds. The zero-order valence-corrected chi connectivity index (χ0v) is 21.6. The number of benzene rings is 1. The van der Waals surface area contributed by atoms with E-state index in [9.17, 15) is 9.59 Å². The molecular formula is C22H36N2O4Si2. The lowest BCUT2D eigenvalue weighted by molar-refractivity contribution is -0.172. The summed E-state index contributed by atoms with van der Waals surface area (Å²) >= 11 is 0. The van der Waals surface area contributed by atoms with Gasteiger partial charge >= 0.3 is 5.97 Å². The van der Waals surface area contributed by atoms with E-state index in [4.69, 9.17) is 9.47 Å². The van der Waals surface area contributed by atoms with Crippen LogP contribution in [0.15, 0.2) is 24.3 Å². The SMILES string of the molecule is COC(=O)[C@H](C(C)C)N1C(=O)[C@@H](N2[Si](C)(C)CC[Si]2(C)C)[C@@H]1c1ccc(OC)cc1. The van der Waals surface area contributed by atoms with Crippen molar-refractivity contribution in [2.45, 2.75) is 70.2 Å². The molecule has 1 aromatic rings. The van der Waals surface area contributed by atoms with E-state index in [-0.39, 0.29) is 29.9 Å². The molecular weight excluding hydrogens is 412 g/mol. The first-order valence-corrected chi connectivity index (χ1v) is 17.1. The Kier molecular flexibility index (Phi) is 6.24. The molecule has 1 aromatic carbocycles. The summed E-state index contributed by atoms with van der Waals surface area (Å²) < 4.78 is 13.1. The largest absolute Gasteiger partial charge is 0.497 e. The van der Waals surface area contributed by atoms with E-state index in [0.717, 1.165) is 11.3 Å². The third kappa shape index (κ3) is 3.73. The fourth-order valence-corrected chi connectivity index (χ4v) is 20.1.